The Kier molecular flexibility index (Phi) is 7.47. The molecule has 0 fully saturated rings. The first-order valence-electron chi connectivity index (χ1n) is 6.80. The molecule has 0 radical (unpaired) electrons. The van der Waals surface area contributed by atoms with E-state index in [1.807, 2.05) is 24.3 Å². The van der Waals surface area contributed by atoms with Crippen LogP contribution in [0, 0.1) is 0 Å². The molecule has 1 rings (SSSR count). The Hall–Kier alpha value is -1.71. The summed E-state index contributed by atoms with van der Waals surface area (Å²) in [5, 5.41) is 8.52. The van der Waals surface area contributed by atoms with Crippen LogP contribution in [0.5, 0.6) is 11.5 Å². The van der Waals surface area contributed by atoms with Crippen molar-refractivity contribution in [3.8, 4) is 11.5 Å². The second-order valence-electron chi connectivity index (χ2n) is 4.35. The van der Waals surface area contributed by atoms with Crippen LogP contribution in [0.15, 0.2) is 24.3 Å². The van der Waals surface area contributed by atoms with Gasteiger partial charge in [0, 0.05) is 6.42 Å². The summed E-state index contributed by atoms with van der Waals surface area (Å²) in [6.07, 6.45) is 3.62. The number of rotatable bonds is 10. The minimum atomic E-state index is -0.737. The van der Waals surface area contributed by atoms with Gasteiger partial charge in [-0.1, -0.05) is 19.1 Å². The molecule has 0 aliphatic carbocycles. The number of aliphatic carboxylic acids is 1. The normalized spacial score (nSPS) is 10.2. The first-order valence-corrected chi connectivity index (χ1v) is 6.80. The summed E-state index contributed by atoms with van der Waals surface area (Å²) in [6.45, 7) is 3.33. The van der Waals surface area contributed by atoms with Gasteiger partial charge >= 0.3 is 5.97 Å². The molecule has 0 aliphatic rings. The summed E-state index contributed by atoms with van der Waals surface area (Å²) in [5.74, 6) is 0.795. The van der Waals surface area contributed by atoms with Crippen LogP contribution in [-0.4, -0.2) is 24.3 Å². The van der Waals surface area contributed by atoms with Gasteiger partial charge in [0.15, 0.2) is 11.5 Å². The molecular formula is C15H22O4. The van der Waals surface area contributed by atoms with Crippen LogP contribution in [0.25, 0.3) is 0 Å². The van der Waals surface area contributed by atoms with Crippen molar-refractivity contribution in [2.24, 2.45) is 0 Å². The van der Waals surface area contributed by atoms with Gasteiger partial charge in [-0.15, -0.1) is 0 Å². The highest BCUT2D eigenvalue weighted by molar-refractivity contribution is 5.66. The smallest absolute Gasteiger partial charge is 0.303 e. The molecule has 0 saturated carbocycles. The van der Waals surface area contributed by atoms with E-state index >= 15 is 0 Å². The van der Waals surface area contributed by atoms with Crippen molar-refractivity contribution in [1.82, 2.24) is 0 Å². The number of para-hydroxylation sites is 2. The van der Waals surface area contributed by atoms with E-state index in [0.29, 0.717) is 19.6 Å². The van der Waals surface area contributed by atoms with Crippen LogP contribution in [0.4, 0.5) is 0 Å². The van der Waals surface area contributed by atoms with Crippen molar-refractivity contribution < 1.29 is 19.4 Å². The molecule has 1 aromatic rings. The molecule has 0 saturated heterocycles. The summed E-state index contributed by atoms with van der Waals surface area (Å²) in [6, 6.07) is 7.63. The van der Waals surface area contributed by atoms with Gasteiger partial charge in [0.05, 0.1) is 13.2 Å². The fraction of sp³-hybridized carbons (Fsp3) is 0.533. The van der Waals surface area contributed by atoms with Crippen molar-refractivity contribution in [1.29, 1.82) is 0 Å². The summed E-state index contributed by atoms with van der Waals surface area (Å²) in [5.41, 5.74) is 0. The molecule has 1 aromatic carbocycles. The Morgan fingerprint density at radius 2 is 1.68 bits per heavy atom. The number of carboxylic acids is 1. The maximum atomic E-state index is 10.4. The van der Waals surface area contributed by atoms with E-state index in [1.165, 1.54) is 0 Å². The first kappa shape index (κ1) is 15.3. The fourth-order valence-electron chi connectivity index (χ4n) is 1.64. The number of carboxylic acid groups (broad SMARTS) is 1. The number of ether oxygens (including phenoxy) is 2. The van der Waals surface area contributed by atoms with Gasteiger partial charge in [0.1, 0.15) is 0 Å². The minimum absolute atomic E-state index is 0.232. The molecule has 0 aromatic heterocycles. The highest BCUT2D eigenvalue weighted by atomic mass is 16.5. The largest absolute Gasteiger partial charge is 0.490 e. The molecule has 0 spiro atoms. The molecule has 0 bridgehead atoms. The Morgan fingerprint density at radius 3 is 2.26 bits per heavy atom. The Morgan fingerprint density at radius 1 is 1.05 bits per heavy atom. The average Bonchev–Trinajstić information content (AvgIpc) is 2.41. The SMILES string of the molecule is CCCOc1ccccc1OCCCCCC(=O)O. The zero-order valence-electron chi connectivity index (χ0n) is 11.4. The third kappa shape index (κ3) is 6.70. The van der Waals surface area contributed by atoms with Crippen molar-refractivity contribution in [3.05, 3.63) is 24.3 Å². The first-order chi connectivity index (χ1) is 9.24. The average molecular weight is 266 g/mol. The summed E-state index contributed by atoms with van der Waals surface area (Å²) in [7, 11) is 0. The molecule has 4 nitrogen and oxygen atoms in total. The summed E-state index contributed by atoms with van der Waals surface area (Å²) >= 11 is 0. The van der Waals surface area contributed by atoms with Crippen LogP contribution in [0.2, 0.25) is 0 Å². The van der Waals surface area contributed by atoms with E-state index in [0.717, 1.165) is 30.8 Å². The van der Waals surface area contributed by atoms with E-state index in [-0.39, 0.29) is 6.42 Å². The highest BCUT2D eigenvalue weighted by Gasteiger charge is 2.03. The Labute approximate surface area is 114 Å². The minimum Gasteiger partial charge on any atom is -0.490 e. The zero-order valence-corrected chi connectivity index (χ0v) is 11.4. The third-order valence-corrected chi connectivity index (χ3v) is 2.60. The van der Waals surface area contributed by atoms with Crippen molar-refractivity contribution in [3.63, 3.8) is 0 Å². The lowest BCUT2D eigenvalue weighted by atomic mass is 10.2. The van der Waals surface area contributed by atoms with Gasteiger partial charge in [0.2, 0.25) is 0 Å². The lowest BCUT2D eigenvalue weighted by Crippen LogP contribution is -2.02. The van der Waals surface area contributed by atoms with Crippen molar-refractivity contribution >= 4 is 5.97 Å². The van der Waals surface area contributed by atoms with Crippen LogP contribution >= 0.6 is 0 Å². The highest BCUT2D eigenvalue weighted by Crippen LogP contribution is 2.26. The van der Waals surface area contributed by atoms with Gasteiger partial charge in [-0.3, -0.25) is 4.79 Å². The van der Waals surface area contributed by atoms with E-state index < -0.39 is 5.97 Å². The van der Waals surface area contributed by atoms with E-state index in [9.17, 15) is 4.79 Å². The number of hydrogen-bond acceptors (Lipinski definition) is 3. The van der Waals surface area contributed by atoms with Crippen LogP contribution in [0.3, 0.4) is 0 Å². The molecule has 0 heterocycles. The summed E-state index contributed by atoms with van der Waals surface area (Å²) < 4.78 is 11.3. The second-order valence-corrected chi connectivity index (χ2v) is 4.35. The van der Waals surface area contributed by atoms with Gasteiger partial charge < -0.3 is 14.6 Å². The standard InChI is InChI=1S/C15H22O4/c1-2-11-18-13-8-5-6-9-14(13)19-12-7-3-4-10-15(16)17/h5-6,8-9H,2-4,7,10-12H2,1H3,(H,16,17). The number of unbranched alkanes of at least 4 members (excludes halogenated alkanes) is 2. The van der Waals surface area contributed by atoms with E-state index in [4.69, 9.17) is 14.6 Å². The van der Waals surface area contributed by atoms with Crippen LogP contribution < -0.4 is 9.47 Å². The molecule has 0 amide bonds. The molecule has 0 aliphatic heterocycles. The quantitative estimate of drug-likeness (QED) is 0.658. The number of carbonyl (C=O) groups is 1. The molecule has 4 heteroatoms. The number of hydrogen-bond donors (Lipinski definition) is 1. The number of benzene rings is 1. The van der Waals surface area contributed by atoms with Crippen LogP contribution in [0.1, 0.15) is 39.0 Å². The predicted molar refractivity (Wildman–Crippen MR) is 73.8 cm³/mol. The zero-order chi connectivity index (χ0) is 13.9. The van der Waals surface area contributed by atoms with Crippen molar-refractivity contribution in [2.75, 3.05) is 13.2 Å². The fourth-order valence-corrected chi connectivity index (χ4v) is 1.64. The Bertz CT molecular complexity index is 376. The maximum Gasteiger partial charge on any atom is 0.303 e. The van der Waals surface area contributed by atoms with E-state index in [1.54, 1.807) is 0 Å². The maximum absolute atomic E-state index is 10.4. The van der Waals surface area contributed by atoms with Gasteiger partial charge in [-0.2, -0.15) is 0 Å². The van der Waals surface area contributed by atoms with Gasteiger partial charge in [0.25, 0.3) is 0 Å². The Balaban J connectivity index is 2.26. The molecule has 0 unspecified atom stereocenters. The molecule has 19 heavy (non-hydrogen) atoms. The molecule has 106 valence electrons. The summed E-state index contributed by atoms with van der Waals surface area (Å²) in [4.78, 5) is 10.4. The van der Waals surface area contributed by atoms with Gasteiger partial charge in [-0.25, -0.2) is 0 Å². The molecular weight excluding hydrogens is 244 g/mol. The van der Waals surface area contributed by atoms with E-state index in [2.05, 4.69) is 6.92 Å². The lowest BCUT2D eigenvalue weighted by molar-refractivity contribution is -0.137. The van der Waals surface area contributed by atoms with Gasteiger partial charge in [-0.05, 0) is 37.8 Å². The third-order valence-electron chi connectivity index (χ3n) is 2.60. The molecule has 1 N–H and O–H groups in total. The van der Waals surface area contributed by atoms with Crippen LogP contribution in [-0.2, 0) is 4.79 Å². The monoisotopic (exact) mass is 266 g/mol. The molecule has 0 atom stereocenters. The van der Waals surface area contributed by atoms with Crippen molar-refractivity contribution in [2.45, 2.75) is 39.0 Å². The predicted octanol–water partition coefficient (Wildman–Crippen LogP) is 3.50. The second kappa shape index (κ2) is 9.25. The topological polar surface area (TPSA) is 55.8 Å². The lowest BCUT2D eigenvalue weighted by Gasteiger charge is -2.11.